The van der Waals surface area contributed by atoms with Gasteiger partial charge in [-0.25, -0.2) is 0 Å². The number of hydrogen-bond acceptors (Lipinski definition) is 3. The minimum absolute atomic E-state index is 0.134. The van der Waals surface area contributed by atoms with Crippen molar-refractivity contribution in [3.63, 3.8) is 0 Å². The minimum Gasteiger partial charge on any atom is -0.497 e. The summed E-state index contributed by atoms with van der Waals surface area (Å²) in [5, 5.41) is 2.86. The Balaban J connectivity index is 2.84. The van der Waals surface area contributed by atoms with Gasteiger partial charge in [0.1, 0.15) is 11.5 Å². The van der Waals surface area contributed by atoms with Crippen LogP contribution in [-0.4, -0.2) is 25.7 Å². The number of hydrogen-bond donors (Lipinski definition) is 1. The van der Waals surface area contributed by atoms with Crippen molar-refractivity contribution >= 4 is 12.0 Å². The van der Waals surface area contributed by atoms with E-state index >= 15 is 0 Å². The smallest absolute Gasteiger partial charge is 0.244 e. The van der Waals surface area contributed by atoms with Gasteiger partial charge in [-0.3, -0.25) is 4.79 Å². The lowest BCUT2D eigenvalue weighted by atomic mass is 10.1. The fourth-order valence-corrected chi connectivity index (χ4v) is 1.53. The number of benzene rings is 1. The molecule has 1 aromatic carbocycles. The Morgan fingerprint density at radius 1 is 1.21 bits per heavy atom. The lowest BCUT2D eigenvalue weighted by molar-refractivity contribution is -0.117. The summed E-state index contributed by atoms with van der Waals surface area (Å²) in [6.45, 7) is 5.81. The van der Waals surface area contributed by atoms with E-state index in [1.807, 2.05) is 32.9 Å². The fraction of sp³-hybridized carbons (Fsp3) is 0.400. The molecular formula is C15H21NO3. The molecule has 0 radical (unpaired) electrons. The summed E-state index contributed by atoms with van der Waals surface area (Å²) < 4.78 is 10.4. The molecule has 0 unspecified atom stereocenters. The number of carbonyl (C=O) groups is 1. The number of rotatable bonds is 4. The molecule has 1 N–H and O–H groups in total. The summed E-state index contributed by atoms with van der Waals surface area (Å²) in [5.41, 5.74) is 0.582. The molecule has 19 heavy (non-hydrogen) atoms. The van der Waals surface area contributed by atoms with Crippen LogP contribution in [0.5, 0.6) is 11.5 Å². The van der Waals surface area contributed by atoms with Crippen LogP contribution in [0.2, 0.25) is 0 Å². The summed E-state index contributed by atoms with van der Waals surface area (Å²) in [4.78, 5) is 11.7. The van der Waals surface area contributed by atoms with Crippen LogP contribution in [0, 0.1) is 0 Å². The van der Waals surface area contributed by atoms with E-state index in [-0.39, 0.29) is 11.4 Å². The van der Waals surface area contributed by atoms with Gasteiger partial charge in [0.25, 0.3) is 0 Å². The average Bonchev–Trinajstić information content (AvgIpc) is 2.34. The first-order chi connectivity index (χ1) is 8.85. The highest BCUT2D eigenvalue weighted by Crippen LogP contribution is 2.25. The Morgan fingerprint density at radius 2 is 1.89 bits per heavy atom. The molecule has 0 saturated carbocycles. The van der Waals surface area contributed by atoms with Gasteiger partial charge >= 0.3 is 0 Å². The van der Waals surface area contributed by atoms with Gasteiger partial charge in [-0.15, -0.1) is 0 Å². The summed E-state index contributed by atoms with van der Waals surface area (Å²) in [6.07, 6.45) is 3.22. The molecule has 0 spiro atoms. The molecular weight excluding hydrogens is 242 g/mol. The Hall–Kier alpha value is -1.97. The van der Waals surface area contributed by atoms with E-state index < -0.39 is 0 Å². The van der Waals surface area contributed by atoms with Crippen molar-refractivity contribution in [2.45, 2.75) is 26.3 Å². The Bertz CT molecular complexity index is 473. The summed E-state index contributed by atoms with van der Waals surface area (Å²) in [7, 11) is 3.18. The van der Waals surface area contributed by atoms with Crippen LogP contribution in [0.25, 0.3) is 6.08 Å². The minimum atomic E-state index is -0.245. The van der Waals surface area contributed by atoms with Crippen LogP contribution < -0.4 is 14.8 Å². The van der Waals surface area contributed by atoms with Gasteiger partial charge in [-0.05, 0) is 39.0 Å². The lowest BCUT2D eigenvalue weighted by Gasteiger charge is -2.19. The van der Waals surface area contributed by atoms with E-state index in [1.165, 1.54) is 6.08 Å². The third-order valence-electron chi connectivity index (χ3n) is 2.35. The van der Waals surface area contributed by atoms with E-state index in [0.717, 1.165) is 5.56 Å². The van der Waals surface area contributed by atoms with Crippen molar-refractivity contribution in [2.24, 2.45) is 0 Å². The maximum absolute atomic E-state index is 11.7. The predicted molar refractivity (Wildman–Crippen MR) is 76.5 cm³/mol. The normalized spacial score (nSPS) is 11.4. The highest BCUT2D eigenvalue weighted by atomic mass is 16.5. The van der Waals surface area contributed by atoms with Crippen LogP contribution in [0.1, 0.15) is 26.3 Å². The van der Waals surface area contributed by atoms with Gasteiger partial charge in [-0.2, -0.15) is 0 Å². The third-order valence-corrected chi connectivity index (χ3v) is 2.35. The third kappa shape index (κ3) is 5.04. The summed E-state index contributed by atoms with van der Waals surface area (Å²) in [5.74, 6) is 1.25. The lowest BCUT2D eigenvalue weighted by Crippen LogP contribution is -2.39. The molecule has 4 heteroatoms. The van der Waals surface area contributed by atoms with Crippen LogP contribution >= 0.6 is 0 Å². The second-order valence-electron chi connectivity index (χ2n) is 5.18. The van der Waals surface area contributed by atoms with Crippen molar-refractivity contribution in [3.05, 3.63) is 29.8 Å². The number of amides is 1. The van der Waals surface area contributed by atoms with Crippen molar-refractivity contribution < 1.29 is 14.3 Å². The molecule has 4 nitrogen and oxygen atoms in total. The summed E-state index contributed by atoms with van der Waals surface area (Å²) in [6, 6.07) is 5.45. The van der Waals surface area contributed by atoms with E-state index in [9.17, 15) is 4.79 Å². The van der Waals surface area contributed by atoms with Crippen molar-refractivity contribution in [2.75, 3.05) is 14.2 Å². The van der Waals surface area contributed by atoms with Gasteiger partial charge < -0.3 is 14.8 Å². The number of methoxy groups -OCH3 is 2. The van der Waals surface area contributed by atoms with Crippen molar-refractivity contribution in [1.82, 2.24) is 5.32 Å². The fourth-order valence-electron chi connectivity index (χ4n) is 1.53. The zero-order chi connectivity index (χ0) is 14.5. The second-order valence-corrected chi connectivity index (χ2v) is 5.18. The highest BCUT2D eigenvalue weighted by molar-refractivity contribution is 5.92. The predicted octanol–water partition coefficient (Wildman–Crippen LogP) is 2.63. The first-order valence-corrected chi connectivity index (χ1v) is 6.08. The molecule has 1 aromatic rings. The van der Waals surface area contributed by atoms with Gasteiger partial charge in [0.05, 0.1) is 14.2 Å². The zero-order valence-electron chi connectivity index (χ0n) is 12.1. The summed E-state index contributed by atoms with van der Waals surface area (Å²) >= 11 is 0. The first-order valence-electron chi connectivity index (χ1n) is 6.08. The molecule has 0 aliphatic carbocycles. The molecule has 1 rings (SSSR count). The molecule has 104 valence electrons. The largest absolute Gasteiger partial charge is 0.497 e. The van der Waals surface area contributed by atoms with Crippen LogP contribution in [0.4, 0.5) is 0 Å². The standard InChI is InChI=1S/C15H21NO3/c1-15(2,3)16-14(17)9-7-11-6-8-12(18-4)10-13(11)19-5/h6-10H,1-5H3,(H,16,17). The number of nitrogens with one attached hydrogen (secondary N) is 1. The SMILES string of the molecule is COc1ccc(C=CC(=O)NC(C)(C)C)c(OC)c1. The monoisotopic (exact) mass is 263 g/mol. The maximum atomic E-state index is 11.7. The molecule has 0 fully saturated rings. The maximum Gasteiger partial charge on any atom is 0.244 e. The Labute approximate surface area is 114 Å². The van der Waals surface area contributed by atoms with Crippen LogP contribution in [-0.2, 0) is 4.79 Å². The number of carbonyl (C=O) groups excluding carboxylic acids is 1. The second kappa shape index (κ2) is 6.27. The molecule has 0 aromatic heterocycles. The van der Waals surface area contributed by atoms with Crippen molar-refractivity contribution in [3.8, 4) is 11.5 Å². The molecule has 1 amide bonds. The van der Waals surface area contributed by atoms with E-state index in [2.05, 4.69) is 5.32 Å². The van der Waals surface area contributed by atoms with Crippen LogP contribution in [0.15, 0.2) is 24.3 Å². The molecule has 0 aliphatic rings. The zero-order valence-corrected chi connectivity index (χ0v) is 12.1. The van der Waals surface area contributed by atoms with E-state index in [1.54, 1.807) is 26.4 Å². The van der Waals surface area contributed by atoms with Gasteiger partial charge in [0.15, 0.2) is 0 Å². The van der Waals surface area contributed by atoms with Gasteiger partial charge in [-0.1, -0.05) is 0 Å². The molecule has 0 heterocycles. The van der Waals surface area contributed by atoms with Crippen molar-refractivity contribution in [1.29, 1.82) is 0 Å². The van der Waals surface area contributed by atoms with E-state index in [0.29, 0.717) is 11.5 Å². The average molecular weight is 263 g/mol. The first kappa shape index (κ1) is 15.1. The topological polar surface area (TPSA) is 47.6 Å². The Morgan fingerprint density at radius 3 is 2.42 bits per heavy atom. The van der Waals surface area contributed by atoms with Crippen LogP contribution in [0.3, 0.4) is 0 Å². The molecule has 0 saturated heterocycles. The van der Waals surface area contributed by atoms with E-state index in [4.69, 9.17) is 9.47 Å². The highest BCUT2D eigenvalue weighted by Gasteiger charge is 2.11. The molecule has 0 bridgehead atoms. The molecule has 0 atom stereocenters. The van der Waals surface area contributed by atoms with Gasteiger partial charge in [0.2, 0.25) is 5.91 Å². The number of ether oxygens (including phenoxy) is 2. The Kier molecular flexibility index (Phi) is 4.98. The quantitative estimate of drug-likeness (QED) is 0.849. The van der Waals surface area contributed by atoms with Gasteiger partial charge in [0, 0.05) is 23.2 Å². The molecule has 0 aliphatic heterocycles.